The number of hydrogen-bond acceptors (Lipinski definition) is 6. The summed E-state index contributed by atoms with van der Waals surface area (Å²) in [6.45, 7) is 3.19. The number of carbonyl (C=O) groups is 1. The van der Waals surface area contributed by atoms with E-state index in [4.69, 9.17) is 4.42 Å². The van der Waals surface area contributed by atoms with Crippen LogP contribution in [0.1, 0.15) is 18.7 Å². The van der Waals surface area contributed by atoms with E-state index in [1.165, 1.54) is 31.2 Å². The number of carbonyl (C=O) groups excluding carboxylic acids is 1. The molecule has 0 saturated carbocycles. The van der Waals surface area contributed by atoms with E-state index in [1.54, 1.807) is 6.92 Å². The van der Waals surface area contributed by atoms with Crippen LogP contribution >= 0.6 is 0 Å². The second-order valence-electron chi connectivity index (χ2n) is 4.57. The summed E-state index contributed by atoms with van der Waals surface area (Å²) in [5, 5.41) is 10.0. The molecule has 1 heterocycles. The predicted molar refractivity (Wildman–Crippen MR) is 78.7 cm³/mol. The maximum atomic E-state index is 12.1. The van der Waals surface area contributed by atoms with E-state index in [9.17, 15) is 13.2 Å². The van der Waals surface area contributed by atoms with E-state index in [-0.39, 0.29) is 17.3 Å². The number of benzene rings is 1. The Hall–Kier alpha value is -2.26. The molecule has 1 aromatic heterocycles. The highest BCUT2D eigenvalue weighted by atomic mass is 32.2. The number of nitrogens with one attached hydrogen (secondary N) is 2. The number of aryl methyl sites for hydroxylation is 1. The molecule has 0 aliphatic heterocycles. The van der Waals surface area contributed by atoms with Crippen LogP contribution in [0, 0.1) is 6.92 Å². The number of hydrogen-bond donors (Lipinski definition) is 2. The molecule has 1 amide bonds. The lowest BCUT2D eigenvalue weighted by atomic mass is 10.3. The third-order valence-corrected chi connectivity index (χ3v) is 4.16. The molecule has 2 aromatic rings. The third-order valence-electron chi connectivity index (χ3n) is 2.68. The monoisotopic (exact) mass is 324 g/mol. The van der Waals surface area contributed by atoms with Gasteiger partial charge in [-0.1, -0.05) is 0 Å². The summed E-state index contributed by atoms with van der Waals surface area (Å²) in [4.78, 5) is 11.0. The van der Waals surface area contributed by atoms with Gasteiger partial charge >= 0.3 is 0 Å². The Bertz CT molecular complexity index is 753. The van der Waals surface area contributed by atoms with Gasteiger partial charge in [0, 0.05) is 32.5 Å². The molecule has 0 spiro atoms. The van der Waals surface area contributed by atoms with Crippen molar-refractivity contribution in [3.8, 4) is 0 Å². The fourth-order valence-electron chi connectivity index (χ4n) is 1.73. The second kappa shape index (κ2) is 6.67. The van der Waals surface area contributed by atoms with Crippen molar-refractivity contribution in [2.45, 2.75) is 25.2 Å². The first kappa shape index (κ1) is 16.1. The molecule has 2 rings (SSSR count). The van der Waals surface area contributed by atoms with Gasteiger partial charge in [-0.3, -0.25) is 4.79 Å². The fourth-order valence-corrected chi connectivity index (χ4v) is 2.77. The summed E-state index contributed by atoms with van der Waals surface area (Å²) in [6, 6.07) is 5.89. The molecule has 0 fully saturated rings. The van der Waals surface area contributed by atoms with E-state index in [0.29, 0.717) is 23.9 Å². The van der Waals surface area contributed by atoms with Crippen molar-refractivity contribution in [3.63, 3.8) is 0 Å². The van der Waals surface area contributed by atoms with Crippen LogP contribution in [0.4, 0.5) is 5.69 Å². The smallest absolute Gasteiger partial charge is 0.240 e. The second-order valence-corrected chi connectivity index (χ2v) is 6.34. The molecule has 118 valence electrons. The molecule has 1 aromatic carbocycles. The largest absolute Gasteiger partial charge is 0.426 e. The first-order chi connectivity index (χ1) is 10.4. The first-order valence-corrected chi connectivity index (χ1v) is 8.01. The highest BCUT2D eigenvalue weighted by Gasteiger charge is 2.14. The number of amides is 1. The minimum atomic E-state index is -3.62. The van der Waals surface area contributed by atoms with Gasteiger partial charge in [-0.05, 0) is 24.3 Å². The summed E-state index contributed by atoms with van der Waals surface area (Å²) < 4.78 is 31.8. The van der Waals surface area contributed by atoms with Crippen molar-refractivity contribution >= 4 is 21.6 Å². The summed E-state index contributed by atoms with van der Waals surface area (Å²) in [5.41, 5.74) is 0.535. The Balaban J connectivity index is 1.96. The standard InChI is InChI=1S/C13H16N4O4S/c1-9(18)15-11-3-5-12(6-4-11)22(19,20)14-8-7-13-17-16-10(2)21-13/h3-6,14H,7-8H2,1-2H3,(H,15,18). The highest BCUT2D eigenvalue weighted by Crippen LogP contribution is 2.14. The molecule has 0 aliphatic rings. The average Bonchev–Trinajstić information content (AvgIpc) is 2.84. The Kier molecular flexibility index (Phi) is 4.88. The van der Waals surface area contributed by atoms with Gasteiger partial charge in [0.05, 0.1) is 4.90 Å². The minimum absolute atomic E-state index is 0.114. The molecule has 0 saturated heterocycles. The molecule has 0 radical (unpaired) electrons. The molecule has 9 heteroatoms. The predicted octanol–water partition coefficient (Wildman–Crippen LogP) is 0.857. The van der Waals surface area contributed by atoms with Gasteiger partial charge < -0.3 is 9.73 Å². The van der Waals surface area contributed by atoms with Gasteiger partial charge in [0.1, 0.15) is 0 Å². The molecule has 22 heavy (non-hydrogen) atoms. The van der Waals surface area contributed by atoms with Crippen molar-refractivity contribution in [1.29, 1.82) is 0 Å². The zero-order valence-electron chi connectivity index (χ0n) is 12.2. The van der Waals surface area contributed by atoms with Crippen LogP contribution in [0.3, 0.4) is 0 Å². The van der Waals surface area contributed by atoms with E-state index >= 15 is 0 Å². The van der Waals surface area contributed by atoms with Crippen LogP contribution in [0.25, 0.3) is 0 Å². The number of nitrogens with zero attached hydrogens (tertiary/aromatic N) is 2. The van der Waals surface area contributed by atoms with Crippen LogP contribution in [-0.4, -0.2) is 31.1 Å². The molecule has 0 atom stereocenters. The van der Waals surface area contributed by atoms with E-state index < -0.39 is 10.0 Å². The topological polar surface area (TPSA) is 114 Å². The average molecular weight is 324 g/mol. The Morgan fingerprint density at radius 2 is 1.91 bits per heavy atom. The highest BCUT2D eigenvalue weighted by molar-refractivity contribution is 7.89. The van der Waals surface area contributed by atoms with Crippen LogP contribution in [0.5, 0.6) is 0 Å². The number of rotatable bonds is 6. The lowest BCUT2D eigenvalue weighted by molar-refractivity contribution is -0.114. The number of sulfonamides is 1. The van der Waals surface area contributed by atoms with Crippen LogP contribution < -0.4 is 10.0 Å². The Labute approximate surface area is 128 Å². The van der Waals surface area contributed by atoms with Crippen molar-refractivity contribution in [2.24, 2.45) is 0 Å². The van der Waals surface area contributed by atoms with Gasteiger partial charge in [0.25, 0.3) is 0 Å². The van der Waals surface area contributed by atoms with Crippen molar-refractivity contribution in [1.82, 2.24) is 14.9 Å². The van der Waals surface area contributed by atoms with E-state index in [2.05, 4.69) is 20.2 Å². The molecule has 0 unspecified atom stereocenters. The van der Waals surface area contributed by atoms with Gasteiger partial charge in [-0.25, -0.2) is 13.1 Å². The summed E-state index contributed by atoms with van der Waals surface area (Å²) in [5.74, 6) is 0.594. The molecular weight excluding hydrogens is 308 g/mol. The number of anilines is 1. The lowest BCUT2D eigenvalue weighted by Gasteiger charge is -2.07. The van der Waals surface area contributed by atoms with Crippen molar-refractivity contribution in [3.05, 3.63) is 36.0 Å². The SMILES string of the molecule is CC(=O)Nc1ccc(S(=O)(=O)NCCc2nnc(C)o2)cc1. The first-order valence-electron chi connectivity index (χ1n) is 6.53. The number of aromatic nitrogens is 2. The van der Waals surface area contributed by atoms with Crippen LogP contribution in [-0.2, 0) is 21.2 Å². The lowest BCUT2D eigenvalue weighted by Crippen LogP contribution is -2.26. The van der Waals surface area contributed by atoms with Crippen LogP contribution in [0.15, 0.2) is 33.6 Å². The van der Waals surface area contributed by atoms with Crippen molar-refractivity contribution < 1.29 is 17.6 Å². The zero-order valence-corrected chi connectivity index (χ0v) is 13.0. The molecule has 8 nitrogen and oxygen atoms in total. The fraction of sp³-hybridized carbons (Fsp3) is 0.308. The molecule has 0 aliphatic carbocycles. The summed E-state index contributed by atoms with van der Waals surface area (Å²) in [7, 11) is -3.62. The Morgan fingerprint density at radius 1 is 1.23 bits per heavy atom. The maximum absolute atomic E-state index is 12.1. The maximum Gasteiger partial charge on any atom is 0.240 e. The molecule has 0 bridgehead atoms. The molecule has 2 N–H and O–H groups in total. The van der Waals surface area contributed by atoms with Crippen molar-refractivity contribution in [2.75, 3.05) is 11.9 Å². The van der Waals surface area contributed by atoms with Gasteiger partial charge in [0.2, 0.25) is 27.7 Å². The Morgan fingerprint density at radius 3 is 2.45 bits per heavy atom. The van der Waals surface area contributed by atoms with Gasteiger partial charge in [0.15, 0.2) is 0 Å². The third kappa shape index (κ3) is 4.37. The van der Waals surface area contributed by atoms with Crippen LogP contribution in [0.2, 0.25) is 0 Å². The van der Waals surface area contributed by atoms with Gasteiger partial charge in [-0.2, -0.15) is 0 Å². The van der Waals surface area contributed by atoms with E-state index in [1.807, 2.05) is 0 Å². The zero-order chi connectivity index (χ0) is 16.2. The summed E-state index contributed by atoms with van der Waals surface area (Å²) in [6.07, 6.45) is 0.310. The summed E-state index contributed by atoms with van der Waals surface area (Å²) >= 11 is 0. The molecular formula is C13H16N4O4S. The van der Waals surface area contributed by atoms with E-state index in [0.717, 1.165) is 0 Å². The minimum Gasteiger partial charge on any atom is -0.426 e. The van der Waals surface area contributed by atoms with Gasteiger partial charge in [-0.15, -0.1) is 10.2 Å². The quantitative estimate of drug-likeness (QED) is 0.814. The normalized spacial score (nSPS) is 11.4.